The molecule has 0 amide bonds. The Hall–Kier alpha value is -2.00. The quantitative estimate of drug-likeness (QED) is 0.380. The third-order valence-corrected chi connectivity index (χ3v) is 6.83. The molecule has 162 valence electrons. The predicted molar refractivity (Wildman–Crippen MR) is 134 cm³/mol. The zero-order valence-corrected chi connectivity index (χ0v) is 20.3. The summed E-state index contributed by atoms with van der Waals surface area (Å²) in [5.74, 6) is 8.12. The number of rotatable bonds is 0. The van der Waals surface area contributed by atoms with Crippen LogP contribution < -0.4 is 0 Å². The Morgan fingerprint density at radius 3 is 2.33 bits per heavy atom. The average molecular weight is 403 g/mol. The summed E-state index contributed by atoms with van der Waals surface area (Å²) >= 11 is 0. The van der Waals surface area contributed by atoms with Crippen molar-refractivity contribution < 1.29 is 0 Å². The summed E-state index contributed by atoms with van der Waals surface area (Å²) in [5.41, 5.74) is 8.08. The zero-order valence-electron chi connectivity index (χ0n) is 20.3. The van der Waals surface area contributed by atoms with Crippen LogP contribution in [0.25, 0.3) is 5.57 Å². The normalized spacial score (nSPS) is 26.4. The van der Waals surface area contributed by atoms with E-state index in [0.29, 0.717) is 0 Å². The van der Waals surface area contributed by atoms with Gasteiger partial charge in [0.1, 0.15) is 0 Å². The maximum atomic E-state index is 3.38. The number of aryl methyl sites for hydroxylation is 2. The molecule has 1 aliphatic rings. The van der Waals surface area contributed by atoms with Crippen LogP contribution in [0.2, 0.25) is 0 Å². The molecule has 2 rings (SSSR count). The van der Waals surface area contributed by atoms with E-state index in [-0.39, 0.29) is 0 Å². The van der Waals surface area contributed by atoms with E-state index in [0.717, 1.165) is 18.3 Å². The van der Waals surface area contributed by atoms with Crippen LogP contribution in [0.3, 0.4) is 0 Å². The van der Waals surface area contributed by atoms with Gasteiger partial charge in [0, 0.05) is 5.57 Å². The van der Waals surface area contributed by atoms with E-state index in [2.05, 4.69) is 82.9 Å². The largest absolute Gasteiger partial charge is 0.102 e. The Bertz CT molecular complexity index is 835. The maximum absolute atomic E-state index is 3.38. The van der Waals surface area contributed by atoms with Crippen molar-refractivity contribution in [3.8, 4) is 11.8 Å². The smallest absolute Gasteiger partial charge is 0.00262 e. The Balaban J connectivity index is 2.45. The molecule has 0 radical (unpaired) electrons. The van der Waals surface area contributed by atoms with Gasteiger partial charge in [0.15, 0.2) is 0 Å². The first-order chi connectivity index (χ1) is 14.5. The minimum atomic E-state index is 0.783. The number of benzene rings is 1. The van der Waals surface area contributed by atoms with Crippen LogP contribution >= 0.6 is 0 Å². The highest BCUT2D eigenvalue weighted by Gasteiger charge is 2.14. The van der Waals surface area contributed by atoms with Crippen molar-refractivity contribution in [2.45, 2.75) is 92.9 Å². The van der Waals surface area contributed by atoms with E-state index in [9.17, 15) is 0 Å². The molecule has 0 saturated heterocycles. The van der Waals surface area contributed by atoms with E-state index >= 15 is 0 Å². The topological polar surface area (TPSA) is 0 Å². The summed E-state index contributed by atoms with van der Waals surface area (Å²) in [6, 6.07) is 7.07. The molecule has 2 atom stereocenters. The molecule has 0 aliphatic heterocycles. The fourth-order valence-corrected chi connectivity index (χ4v) is 4.53. The van der Waals surface area contributed by atoms with Gasteiger partial charge >= 0.3 is 0 Å². The summed E-state index contributed by atoms with van der Waals surface area (Å²) in [7, 11) is 0. The van der Waals surface area contributed by atoms with Gasteiger partial charge in [-0.25, -0.2) is 0 Å². The molecule has 0 aromatic heterocycles. The van der Waals surface area contributed by atoms with E-state index in [1.807, 2.05) is 6.92 Å². The lowest BCUT2D eigenvalue weighted by molar-refractivity contribution is 0.333. The van der Waals surface area contributed by atoms with Crippen molar-refractivity contribution >= 4 is 5.57 Å². The van der Waals surface area contributed by atoms with Gasteiger partial charge in [-0.3, -0.25) is 0 Å². The number of hydrogen-bond donors (Lipinski definition) is 0. The number of fused-ring (bicyclic) bond motifs is 2. The average Bonchev–Trinajstić information content (AvgIpc) is 2.74. The molecule has 0 heterocycles. The first-order valence-electron chi connectivity index (χ1n) is 12.1. The van der Waals surface area contributed by atoms with E-state index in [1.165, 1.54) is 78.4 Å². The first kappa shape index (κ1) is 24.3. The standard InChI is InChI=1S/C30H42/c1-7-14-26-16-13-11-10-12-15-23(4)24(5)17-19-27-20-18-25(6)30(22-27)29(9-3)28(8-2)21-26/h8-9,18,20-24H,10-13,15-17,19H2,1-6H3/b26-21-,28-8+,29-9-. The maximum Gasteiger partial charge on any atom is 0.00262 e. The molecule has 0 fully saturated rings. The van der Waals surface area contributed by atoms with Crippen LogP contribution in [0.15, 0.2) is 47.6 Å². The molecule has 0 nitrogen and oxygen atoms in total. The van der Waals surface area contributed by atoms with Gasteiger partial charge in [0.2, 0.25) is 0 Å². The molecule has 0 spiro atoms. The third kappa shape index (κ3) is 7.05. The Labute approximate surface area is 186 Å². The van der Waals surface area contributed by atoms with Crippen LogP contribution in [0.5, 0.6) is 0 Å². The van der Waals surface area contributed by atoms with E-state index in [1.54, 1.807) is 0 Å². The molecule has 1 aliphatic carbocycles. The molecule has 2 bridgehead atoms. The van der Waals surface area contributed by atoms with Crippen molar-refractivity contribution in [3.63, 3.8) is 0 Å². The SMILES string of the molecule is CC#C/C1=C/C(=C\C)C(=C/C)/c2cc(ccc2C)CCC(C)C(C)CCCCCC1. The zero-order chi connectivity index (χ0) is 21.9. The highest BCUT2D eigenvalue weighted by Crippen LogP contribution is 2.31. The molecule has 0 saturated carbocycles. The second-order valence-corrected chi connectivity index (χ2v) is 9.09. The highest BCUT2D eigenvalue weighted by molar-refractivity contribution is 5.83. The summed E-state index contributed by atoms with van der Waals surface area (Å²) < 4.78 is 0. The molecule has 1 aromatic rings. The van der Waals surface area contributed by atoms with Gasteiger partial charge in [0.25, 0.3) is 0 Å². The minimum absolute atomic E-state index is 0.783. The Morgan fingerprint density at radius 2 is 1.63 bits per heavy atom. The lowest BCUT2D eigenvalue weighted by atomic mass is 9.85. The van der Waals surface area contributed by atoms with E-state index < -0.39 is 0 Å². The lowest BCUT2D eigenvalue weighted by Crippen LogP contribution is -2.09. The van der Waals surface area contributed by atoms with Gasteiger partial charge in [-0.15, -0.1) is 5.92 Å². The minimum Gasteiger partial charge on any atom is -0.102 e. The van der Waals surface area contributed by atoms with E-state index in [4.69, 9.17) is 0 Å². The van der Waals surface area contributed by atoms with Crippen LogP contribution in [0.4, 0.5) is 0 Å². The van der Waals surface area contributed by atoms with Crippen LogP contribution in [-0.2, 0) is 6.42 Å². The fourth-order valence-electron chi connectivity index (χ4n) is 4.53. The molecule has 2 unspecified atom stereocenters. The van der Waals surface area contributed by atoms with Crippen molar-refractivity contribution in [2.24, 2.45) is 11.8 Å². The molecular formula is C30H42. The first-order valence-corrected chi connectivity index (χ1v) is 12.1. The number of hydrogen-bond acceptors (Lipinski definition) is 0. The van der Waals surface area contributed by atoms with Crippen LogP contribution in [0, 0.1) is 30.6 Å². The van der Waals surface area contributed by atoms with Gasteiger partial charge in [0.05, 0.1) is 0 Å². The summed E-state index contributed by atoms with van der Waals surface area (Å²) in [6.07, 6.45) is 17.0. The second-order valence-electron chi connectivity index (χ2n) is 9.09. The van der Waals surface area contributed by atoms with Crippen molar-refractivity contribution in [1.82, 2.24) is 0 Å². The second kappa shape index (κ2) is 12.6. The monoisotopic (exact) mass is 402 g/mol. The molecule has 0 heteroatoms. The van der Waals surface area contributed by atoms with Gasteiger partial charge in [-0.1, -0.05) is 75.8 Å². The summed E-state index contributed by atoms with van der Waals surface area (Å²) in [4.78, 5) is 0. The van der Waals surface area contributed by atoms with Gasteiger partial charge < -0.3 is 0 Å². The lowest BCUT2D eigenvalue weighted by Gasteiger charge is -2.20. The fraction of sp³-hybridized carbons (Fsp3) is 0.533. The third-order valence-electron chi connectivity index (χ3n) is 6.83. The Kier molecular flexibility index (Phi) is 10.2. The van der Waals surface area contributed by atoms with Crippen molar-refractivity contribution in [3.05, 3.63) is 64.3 Å². The summed E-state index contributed by atoms with van der Waals surface area (Å²) in [6.45, 7) is 13.4. The Morgan fingerprint density at radius 1 is 0.900 bits per heavy atom. The number of allylic oxidation sites excluding steroid dienone is 6. The highest BCUT2D eigenvalue weighted by atomic mass is 14.2. The van der Waals surface area contributed by atoms with Gasteiger partial charge in [-0.2, -0.15) is 0 Å². The van der Waals surface area contributed by atoms with Crippen LogP contribution in [0.1, 0.15) is 96.3 Å². The predicted octanol–water partition coefficient (Wildman–Crippen LogP) is 8.85. The molecule has 0 N–H and O–H groups in total. The summed E-state index contributed by atoms with van der Waals surface area (Å²) in [5, 5.41) is 0. The molecular weight excluding hydrogens is 360 g/mol. The van der Waals surface area contributed by atoms with Crippen molar-refractivity contribution in [1.29, 1.82) is 0 Å². The van der Waals surface area contributed by atoms with Gasteiger partial charge in [-0.05, 0) is 99.1 Å². The van der Waals surface area contributed by atoms with Crippen molar-refractivity contribution in [2.75, 3.05) is 0 Å². The molecule has 30 heavy (non-hydrogen) atoms. The van der Waals surface area contributed by atoms with Crippen LogP contribution in [-0.4, -0.2) is 0 Å². The molecule has 1 aromatic carbocycles.